The maximum absolute atomic E-state index is 14.9. The van der Waals surface area contributed by atoms with Crippen LogP contribution in [0.25, 0.3) is 16.7 Å². The Morgan fingerprint density at radius 2 is 1.49 bits per heavy atom. The van der Waals surface area contributed by atoms with E-state index in [-0.39, 0.29) is 5.82 Å². The van der Waals surface area contributed by atoms with Crippen LogP contribution in [-0.2, 0) is 19.3 Å². The Morgan fingerprint density at radius 3 is 2.16 bits per heavy atom. The molecule has 0 spiro atoms. The second kappa shape index (κ2) is 13.1. The van der Waals surface area contributed by atoms with E-state index in [1.807, 2.05) is 30.3 Å². The minimum Gasteiger partial charge on any atom is -0.206 e. The SMILES string of the molecule is CCCCCc1ccc(C2=CCC(CCc3ccc(-c4ccc(CCC)cc4)c(F)c3F)CC2)c(F)c1. The first-order chi connectivity index (χ1) is 18.0. The van der Waals surface area contributed by atoms with Crippen LogP contribution in [0.3, 0.4) is 0 Å². The van der Waals surface area contributed by atoms with Gasteiger partial charge in [-0.3, -0.25) is 0 Å². The maximum atomic E-state index is 14.9. The van der Waals surface area contributed by atoms with Gasteiger partial charge in [0.05, 0.1) is 0 Å². The fourth-order valence-corrected chi connectivity index (χ4v) is 5.45. The molecule has 37 heavy (non-hydrogen) atoms. The number of rotatable bonds is 11. The van der Waals surface area contributed by atoms with Gasteiger partial charge in [0.25, 0.3) is 0 Å². The van der Waals surface area contributed by atoms with Crippen molar-refractivity contribution < 1.29 is 13.2 Å². The molecule has 3 heteroatoms. The Bertz CT molecular complexity index is 1210. The van der Waals surface area contributed by atoms with Gasteiger partial charge < -0.3 is 0 Å². The van der Waals surface area contributed by atoms with E-state index in [0.717, 1.165) is 68.9 Å². The standard InChI is InChI=1S/C34H39F3/c1-3-5-6-8-26-14-21-30(32(35)23-26)27-15-11-25(12-16-27)13-19-29-20-22-31(34(37)33(29)36)28-17-9-24(7-4-2)10-18-28/h9-10,14-15,17-18,20-23,25H,3-8,11-13,16,19H2,1-2H3. The molecule has 0 N–H and O–H groups in total. The van der Waals surface area contributed by atoms with E-state index in [1.165, 1.54) is 12.0 Å². The van der Waals surface area contributed by atoms with E-state index < -0.39 is 11.6 Å². The van der Waals surface area contributed by atoms with Crippen molar-refractivity contribution in [3.05, 3.63) is 100 Å². The number of allylic oxidation sites excluding steroid dienone is 2. The number of halogens is 3. The number of unbranched alkanes of at least 4 members (excludes halogenated alkanes) is 2. The molecular weight excluding hydrogens is 465 g/mol. The normalized spacial score (nSPS) is 15.6. The molecular formula is C34H39F3. The molecule has 1 unspecified atom stereocenters. The number of hydrogen-bond acceptors (Lipinski definition) is 0. The highest BCUT2D eigenvalue weighted by atomic mass is 19.2. The van der Waals surface area contributed by atoms with E-state index in [9.17, 15) is 13.2 Å². The molecule has 0 nitrogen and oxygen atoms in total. The van der Waals surface area contributed by atoms with Crippen molar-refractivity contribution in [3.63, 3.8) is 0 Å². The second-order valence-electron chi connectivity index (χ2n) is 10.5. The lowest BCUT2D eigenvalue weighted by Gasteiger charge is -2.23. The van der Waals surface area contributed by atoms with Crippen LogP contribution in [-0.4, -0.2) is 0 Å². The van der Waals surface area contributed by atoms with E-state index in [1.54, 1.807) is 18.2 Å². The molecule has 1 atom stereocenters. The van der Waals surface area contributed by atoms with Crippen LogP contribution in [0.5, 0.6) is 0 Å². The first-order valence-corrected chi connectivity index (χ1v) is 14.0. The summed E-state index contributed by atoms with van der Waals surface area (Å²) in [5.74, 6) is -1.23. The van der Waals surface area contributed by atoms with Gasteiger partial charge in [-0.2, -0.15) is 0 Å². The summed E-state index contributed by atoms with van der Waals surface area (Å²) in [7, 11) is 0. The number of aryl methyl sites for hydroxylation is 3. The molecule has 3 aromatic rings. The van der Waals surface area contributed by atoms with Gasteiger partial charge in [0.15, 0.2) is 11.6 Å². The molecule has 0 aliphatic heterocycles. The third-order valence-electron chi connectivity index (χ3n) is 7.76. The Kier molecular flexibility index (Phi) is 9.66. The summed E-state index contributed by atoms with van der Waals surface area (Å²) in [6, 6.07) is 16.8. The fraction of sp³-hybridized carbons (Fsp3) is 0.412. The molecule has 0 heterocycles. The summed E-state index contributed by atoms with van der Waals surface area (Å²) in [6.45, 7) is 4.29. The second-order valence-corrected chi connectivity index (χ2v) is 10.5. The fourth-order valence-electron chi connectivity index (χ4n) is 5.45. The van der Waals surface area contributed by atoms with E-state index in [0.29, 0.717) is 34.6 Å². The third kappa shape index (κ3) is 6.94. The topological polar surface area (TPSA) is 0 Å². The highest BCUT2D eigenvalue weighted by Gasteiger charge is 2.20. The quantitative estimate of drug-likeness (QED) is 0.228. The number of hydrogen-bond donors (Lipinski definition) is 0. The molecule has 196 valence electrons. The average Bonchev–Trinajstić information content (AvgIpc) is 2.91. The van der Waals surface area contributed by atoms with Crippen LogP contribution < -0.4 is 0 Å². The summed E-state index contributed by atoms with van der Waals surface area (Å²) < 4.78 is 44.6. The smallest absolute Gasteiger partial charge is 0.166 e. The van der Waals surface area contributed by atoms with Crippen molar-refractivity contribution in [1.82, 2.24) is 0 Å². The molecule has 4 rings (SSSR count). The van der Waals surface area contributed by atoms with Crippen molar-refractivity contribution in [2.24, 2.45) is 5.92 Å². The molecule has 0 amide bonds. The van der Waals surface area contributed by atoms with Gasteiger partial charge in [0, 0.05) is 11.1 Å². The molecule has 1 aliphatic carbocycles. The van der Waals surface area contributed by atoms with Crippen LogP contribution in [0.2, 0.25) is 0 Å². The molecule has 0 fully saturated rings. The monoisotopic (exact) mass is 504 g/mol. The van der Waals surface area contributed by atoms with E-state index in [4.69, 9.17) is 0 Å². The van der Waals surface area contributed by atoms with Crippen molar-refractivity contribution in [1.29, 1.82) is 0 Å². The van der Waals surface area contributed by atoms with E-state index >= 15 is 0 Å². The Hall–Kier alpha value is -2.81. The van der Waals surface area contributed by atoms with Gasteiger partial charge in [-0.1, -0.05) is 87.7 Å². The van der Waals surface area contributed by atoms with E-state index in [2.05, 4.69) is 26.0 Å². The van der Waals surface area contributed by atoms with Gasteiger partial charge in [-0.15, -0.1) is 0 Å². The molecule has 1 aliphatic rings. The first-order valence-electron chi connectivity index (χ1n) is 14.0. The third-order valence-corrected chi connectivity index (χ3v) is 7.76. The highest BCUT2D eigenvalue weighted by Crippen LogP contribution is 2.35. The maximum Gasteiger partial charge on any atom is 0.166 e. The van der Waals surface area contributed by atoms with Gasteiger partial charge in [-0.05, 0) is 91.2 Å². The summed E-state index contributed by atoms with van der Waals surface area (Å²) >= 11 is 0. The summed E-state index contributed by atoms with van der Waals surface area (Å²) in [6.07, 6.45) is 12.4. The van der Waals surface area contributed by atoms with Crippen LogP contribution in [0, 0.1) is 23.4 Å². The zero-order valence-corrected chi connectivity index (χ0v) is 22.3. The number of benzene rings is 3. The predicted octanol–water partition coefficient (Wildman–Crippen LogP) is 10.3. The summed E-state index contributed by atoms with van der Waals surface area (Å²) in [5, 5.41) is 0. The highest BCUT2D eigenvalue weighted by molar-refractivity contribution is 5.67. The Labute approximate surface area is 220 Å². The minimum atomic E-state index is -0.764. The largest absolute Gasteiger partial charge is 0.206 e. The molecule has 0 aromatic heterocycles. The molecule has 0 saturated carbocycles. The molecule has 0 radical (unpaired) electrons. The van der Waals surface area contributed by atoms with Gasteiger partial charge in [0.2, 0.25) is 0 Å². The first kappa shape index (κ1) is 27.2. The van der Waals surface area contributed by atoms with Crippen LogP contribution >= 0.6 is 0 Å². The van der Waals surface area contributed by atoms with Crippen LogP contribution in [0.4, 0.5) is 13.2 Å². The predicted molar refractivity (Wildman–Crippen MR) is 149 cm³/mol. The Balaban J connectivity index is 1.35. The van der Waals surface area contributed by atoms with Crippen molar-refractivity contribution in [3.8, 4) is 11.1 Å². The molecule has 0 bridgehead atoms. The average molecular weight is 505 g/mol. The van der Waals surface area contributed by atoms with Crippen molar-refractivity contribution >= 4 is 5.57 Å². The lowest BCUT2D eigenvalue weighted by molar-refractivity contribution is 0.439. The Morgan fingerprint density at radius 1 is 0.730 bits per heavy atom. The zero-order chi connectivity index (χ0) is 26.2. The van der Waals surface area contributed by atoms with Crippen molar-refractivity contribution in [2.45, 2.75) is 84.5 Å². The summed E-state index contributed by atoms with van der Waals surface area (Å²) in [4.78, 5) is 0. The summed E-state index contributed by atoms with van der Waals surface area (Å²) in [5.41, 5.74) is 5.50. The molecule has 3 aromatic carbocycles. The minimum absolute atomic E-state index is 0.128. The van der Waals surface area contributed by atoms with Crippen LogP contribution in [0.15, 0.2) is 60.7 Å². The van der Waals surface area contributed by atoms with Gasteiger partial charge in [-0.25, -0.2) is 13.2 Å². The molecule has 0 saturated heterocycles. The lowest BCUT2D eigenvalue weighted by atomic mass is 9.83. The van der Waals surface area contributed by atoms with Gasteiger partial charge >= 0.3 is 0 Å². The lowest BCUT2D eigenvalue weighted by Crippen LogP contribution is -2.08. The zero-order valence-electron chi connectivity index (χ0n) is 22.3. The van der Waals surface area contributed by atoms with Crippen LogP contribution in [0.1, 0.15) is 87.5 Å². The van der Waals surface area contributed by atoms with Crippen molar-refractivity contribution in [2.75, 3.05) is 0 Å². The van der Waals surface area contributed by atoms with Gasteiger partial charge in [0.1, 0.15) is 5.82 Å².